The molecule has 0 bridgehead atoms. The first kappa shape index (κ1) is 19.9. The van der Waals surface area contributed by atoms with Crippen LogP contribution in [0.1, 0.15) is 11.1 Å². The number of aromatic hydroxyl groups is 1. The van der Waals surface area contributed by atoms with Crippen molar-refractivity contribution >= 4 is 50.6 Å². The molecule has 144 valence electrons. The van der Waals surface area contributed by atoms with Gasteiger partial charge in [-0.15, -0.1) is 0 Å². The van der Waals surface area contributed by atoms with Crippen molar-refractivity contribution < 1.29 is 24.4 Å². The molecule has 1 N–H and O–H groups in total. The molecule has 0 aromatic heterocycles. The summed E-state index contributed by atoms with van der Waals surface area (Å²) >= 11 is 4.13. The lowest BCUT2D eigenvalue weighted by atomic mass is 10.1. The summed E-state index contributed by atoms with van der Waals surface area (Å²) < 4.78 is 5.72. The van der Waals surface area contributed by atoms with Crippen molar-refractivity contribution in [3.63, 3.8) is 0 Å². The van der Waals surface area contributed by atoms with Gasteiger partial charge >= 0.3 is 5.69 Å². The van der Waals surface area contributed by atoms with Gasteiger partial charge in [-0.2, -0.15) is 0 Å². The van der Waals surface area contributed by atoms with Crippen LogP contribution in [0.15, 0.2) is 45.8 Å². The average Bonchev–Trinajstić information content (AvgIpc) is 2.91. The number of thioether (sulfide) groups is 1. The largest absolute Gasteiger partial charge is 0.500 e. The van der Waals surface area contributed by atoms with Crippen molar-refractivity contribution in [1.82, 2.24) is 4.90 Å². The summed E-state index contributed by atoms with van der Waals surface area (Å²) in [5.41, 5.74) is 0.471. The molecule has 1 fully saturated rings. The van der Waals surface area contributed by atoms with Gasteiger partial charge in [0.25, 0.3) is 11.1 Å². The van der Waals surface area contributed by atoms with E-state index in [-0.39, 0.29) is 22.8 Å². The molecule has 0 saturated carbocycles. The number of imide groups is 1. The van der Waals surface area contributed by atoms with E-state index in [1.807, 2.05) is 12.1 Å². The van der Waals surface area contributed by atoms with Crippen molar-refractivity contribution in [2.45, 2.75) is 6.54 Å². The maximum atomic E-state index is 12.7. The molecule has 0 spiro atoms. The third-order valence-corrected chi connectivity index (χ3v) is 5.63. The number of benzene rings is 2. The Bertz CT molecular complexity index is 1020. The number of ether oxygens (including phenoxy) is 1. The number of nitrogens with zero attached hydrogens (tertiary/aromatic N) is 2. The van der Waals surface area contributed by atoms with Crippen molar-refractivity contribution in [2.24, 2.45) is 0 Å². The van der Waals surface area contributed by atoms with Crippen LogP contribution < -0.4 is 4.74 Å². The summed E-state index contributed by atoms with van der Waals surface area (Å²) in [5.74, 6) is -1.21. The number of hydrogen-bond acceptors (Lipinski definition) is 7. The number of nitro benzene ring substituents is 1. The van der Waals surface area contributed by atoms with Crippen LogP contribution in [0.4, 0.5) is 10.5 Å². The number of carbonyl (C=O) groups excluding carboxylic acids is 2. The van der Waals surface area contributed by atoms with Crippen LogP contribution in [0.3, 0.4) is 0 Å². The fourth-order valence-corrected chi connectivity index (χ4v) is 3.83. The van der Waals surface area contributed by atoms with Crippen LogP contribution in [-0.4, -0.2) is 33.2 Å². The lowest BCUT2D eigenvalue weighted by Crippen LogP contribution is -2.27. The summed E-state index contributed by atoms with van der Waals surface area (Å²) in [5, 5.41) is 20.5. The van der Waals surface area contributed by atoms with Crippen molar-refractivity contribution in [2.75, 3.05) is 7.11 Å². The van der Waals surface area contributed by atoms with Gasteiger partial charge in [-0.1, -0.05) is 34.1 Å². The number of rotatable bonds is 5. The van der Waals surface area contributed by atoms with Crippen LogP contribution >= 0.6 is 27.7 Å². The first-order valence-corrected chi connectivity index (χ1v) is 9.47. The van der Waals surface area contributed by atoms with E-state index in [2.05, 4.69) is 15.9 Å². The lowest BCUT2D eigenvalue weighted by molar-refractivity contribution is -0.386. The number of nitro groups is 1. The van der Waals surface area contributed by atoms with Gasteiger partial charge in [0.15, 0.2) is 5.75 Å². The highest BCUT2D eigenvalue weighted by Crippen LogP contribution is 2.39. The lowest BCUT2D eigenvalue weighted by Gasteiger charge is -2.13. The van der Waals surface area contributed by atoms with E-state index in [1.54, 1.807) is 12.1 Å². The van der Waals surface area contributed by atoms with Crippen LogP contribution in [0.25, 0.3) is 6.08 Å². The third kappa shape index (κ3) is 3.87. The third-order valence-electron chi connectivity index (χ3n) is 3.95. The minimum Gasteiger partial charge on any atom is -0.500 e. The highest BCUT2D eigenvalue weighted by Gasteiger charge is 2.35. The molecule has 1 aliphatic heterocycles. The van der Waals surface area contributed by atoms with E-state index in [9.17, 15) is 24.8 Å². The Kier molecular flexibility index (Phi) is 5.71. The molecular formula is C18H13BrN2O6S. The van der Waals surface area contributed by atoms with Gasteiger partial charge in [0, 0.05) is 10.5 Å². The normalized spacial score (nSPS) is 15.4. The summed E-state index contributed by atoms with van der Waals surface area (Å²) in [7, 11) is 1.26. The quantitative estimate of drug-likeness (QED) is 0.398. The monoisotopic (exact) mass is 464 g/mol. The van der Waals surface area contributed by atoms with E-state index < -0.39 is 27.5 Å². The van der Waals surface area contributed by atoms with Crippen LogP contribution in [0, 0.1) is 10.1 Å². The van der Waals surface area contributed by atoms with Gasteiger partial charge in [0.2, 0.25) is 5.75 Å². The van der Waals surface area contributed by atoms with Gasteiger partial charge in [-0.3, -0.25) is 24.6 Å². The van der Waals surface area contributed by atoms with Gasteiger partial charge in [-0.05, 0) is 41.1 Å². The maximum Gasteiger partial charge on any atom is 0.315 e. The molecular weight excluding hydrogens is 452 g/mol. The fraction of sp³-hybridized carbons (Fsp3) is 0.111. The number of phenolic OH excluding ortho intramolecular Hbond substituents is 1. The van der Waals surface area contributed by atoms with Crippen LogP contribution in [0.2, 0.25) is 0 Å². The maximum absolute atomic E-state index is 12.7. The van der Waals surface area contributed by atoms with Crippen molar-refractivity contribution in [3.05, 3.63) is 67.0 Å². The van der Waals surface area contributed by atoms with E-state index in [0.717, 1.165) is 32.8 Å². The average molecular weight is 465 g/mol. The number of carbonyl (C=O) groups is 2. The molecule has 0 radical (unpaired) electrons. The predicted octanol–water partition coefficient (Wildman–Crippen LogP) is 4.31. The summed E-state index contributed by atoms with van der Waals surface area (Å²) in [4.78, 5) is 36.5. The van der Waals surface area contributed by atoms with Gasteiger partial charge in [0.1, 0.15) is 0 Å². The Balaban J connectivity index is 1.93. The van der Waals surface area contributed by atoms with Crippen molar-refractivity contribution in [1.29, 1.82) is 0 Å². The number of halogens is 1. The summed E-state index contributed by atoms with van der Waals surface area (Å²) in [6.45, 7) is 0.0997. The molecule has 3 rings (SSSR count). The molecule has 1 heterocycles. The SMILES string of the molecule is COc1cc(/C=C2\SC(=O)N(Cc3ccccc3Br)C2=O)cc([N+](=O)[O-])c1O. The molecule has 1 aliphatic rings. The minimum absolute atomic E-state index is 0.0997. The molecule has 0 unspecified atom stereocenters. The zero-order valence-corrected chi connectivity index (χ0v) is 16.8. The molecule has 10 heteroatoms. The zero-order chi connectivity index (χ0) is 20.4. The molecule has 2 amide bonds. The second-order valence-corrected chi connectivity index (χ2v) is 7.55. The zero-order valence-electron chi connectivity index (χ0n) is 14.4. The molecule has 0 atom stereocenters. The van der Waals surface area contributed by atoms with Gasteiger partial charge in [-0.25, -0.2) is 0 Å². The van der Waals surface area contributed by atoms with E-state index >= 15 is 0 Å². The molecule has 8 nitrogen and oxygen atoms in total. The Morgan fingerprint density at radius 2 is 2.04 bits per heavy atom. The predicted molar refractivity (Wildman–Crippen MR) is 107 cm³/mol. The second-order valence-electron chi connectivity index (χ2n) is 5.71. The first-order valence-electron chi connectivity index (χ1n) is 7.86. The van der Waals surface area contributed by atoms with Crippen LogP contribution in [0.5, 0.6) is 11.5 Å². The van der Waals surface area contributed by atoms with E-state index in [4.69, 9.17) is 4.74 Å². The standard InChI is InChI=1S/C18H13BrN2O6S/c1-27-14-7-10(6-13(16(14)22)21(25)26)8-15-17(23)20(18(24)28-15)9-11-4-2-3-5-12(11)19/h2-8,22H,9H2,1H3/b15-8-. The number of amides is 2. The molecule has 2 aromatic carbocycles. The van der Waals surface area contributed by atoms with Crippen molar-refractivity contribution in [3.8, 4) is 11.5 Å². The molecule has 2 aromatic rings. The number of hydrogen-bond donors (Lipinski definition) is 1. The topological polar surface area (TPSA) is 110 Å². The highest BCUT2D eigenvalue weighted by molar-refractivity contribution is 9.10. The molecule has 0 aliphatic carbocycles. The van der Waals surface area contributed by atoms with Gasteiger partial charge in [0.05, 0.1) is 23.5 Å². The first-order chi connectivity index (χ1) is 13.3. The summed E-state index contributed by atoms with van der Waals surface area (Å²) in [6.07, 6.45) is 1.36. The van der Waals surface area contributed by atoms with E-state index in [0.29, 0.717) is 0 Å². The number of phenols is 1. The van der Waals surface area contributed by atoms with Crippen LogP contribution in [-0.2, 0) is 11.3 Å². The Labute approximate surface area is 172 Å². The smallest absolute Gasteiger partial charge is 0.315 e. The summed E-state index contributed by atoms with van der Waals surface area (Å²) in [6, 6.07) is 9.70. The fourth-order valence-electron chi connectivity index (χ4n) is 2.58. The Morgan fingerprint density at radius 1 is 1.32 bits per heavy atom. The van der Waals surface area contributed by atoms with Gasteiger partial charge < -0.3 is 9.84 Å². The highest BCUT2D eigenvalue weighted by atomic mass is 79.9. The Hall–Kier alpha value is -2.85. The molecule has 1 saturated heterocycles. The Morgan fingerprint density at radius 3 is 2.68 bits per heavy atom. The minimum atomic E-state index is -0.756. The molecule has 28 heavy (non-hydrogen) atoms. The van der Waals surface area contributed by atoms with E-state index in [1.165, 1.54) is 19.3 Å². The number of methoxy groups -OCH3 is 1. The second kappa shape index (κ2) is 8.03.